The van der Waals surface area contributed by atoms with E-state index in [2.05, 4.69) is 18.7 Å². The monoisotopic (exact) mass is 327 g/mol. The molecule has 1 atom stereocenters. The Labute approximate surface area is 136 Å². The molecule has 0 aromatic heterocycles. The van der Waals surface area contributed by atoms with Gasteiger partial charge in [-0.1, -0.05) is 20.3 Å². The second kappa shape index (κ2) is 11.6. The van der Waals surface area contributed by atoms with Crippen LogP contribution in [0.25, 0.3) is 0 Å². The summed E-state index contributed by atoms with van der Waals surface area (Å²) in [5.74, 6) is 0.116. The van der Waals surface area contributed by atoms with Gasteiger partial charge in [-0.25, -0.2) is 0 Å². The summed E-state index contributed by atoms with van der Waals surface area (Å²) in [6, 6.07) is 0.0715. The van der Waals surface area contributed by atoms with Crippen LogP contribution in [-0.2, 0) is 4.79 Å². The van der Waals surface area contributed by atoms with Crippen molar-refractivity contribution in [3.8, 4) is 0 Å². The molecule has 1 aliphatic heterocycles. The van der Waals surface area contributed by atoms with E-state index in [0.717, 1.165) is 38.8 Å². The van der Waals surface area contributed by atoms with Crippen molar-refractivity contribution in [2.45, 2.75) is 58.0 Å². The lowest BCUT2D eigenvalue weighted by molar-refractivity contribution is -0.134. The van der Waals surface area contributed by atoms with E-state index in [1.54, 1.807) is 0 Å². The van der Waals surface area contributed by atoms with Crippen LogP contribution in [0.4, 0.5) is 0 Å². The molecule has 1 saturated heterocycles. The summed E-state index contributed by atoms with van der Waals surface area (Å²) in [6.07, 6.45) is 5.14. The lowest BCUT2D eigenvalue weighted by Gasteiger charge is -2.37. The van der Waals surface area contributed by atoms with E-state index in [0.29, 0.717) is 6.04 Å². The fourth-order valence-corrected chi connectivity index (χ4v) is 2.72. The predicted octanol–water partition coefficient (Wildman–Crippen LogP) is 2.29. The van der Waals surface area contributed by atoms with Gasteiger partial charge in [0.15, 0.2) is 0 Å². The molecule has 1 heterocycles. The van der Waals surface area contributed by atoms with Crippen molar-refractivity contribution >= 4 is 30.7 Å². The summed E-state index contributed by atoms with van der Waals surface area (Å²) in [4.78, 5) is 16.5. The van der Waals surface area contributed by atoms with E-state index in [1.165, 1.54) is 13.0 Å². The second-order valence-corrected chi connectivity index (χ2v) is 5.42. The second-order valence-electron chi connectivity index (χ2n) is 5.42. The third-order valence-electron chi connectivity index (χ3n) is 3.91. The zero-order valence-electron chi connectivity index (χ0n) is 13.0. The average Bonchev–Trinajstić information content (AvgIpc) is 2.38. The van der Waals surface area contributed by atoms with Crippen molar-refractivity contribution in [1.82, 2.24) is 9.80 Å². The van der Waals surface area contributed by atoms with Gasteiger partial charge in [0.05, 0.1) is 6.04 Å². The molecule has 6 heteroatoms. The molecule has 4 nitrogen and oxygen atoms in total. The first-order valence-electron chi connectivity index (χ1n) is 7.34. The van der Waals surface area contributed by atoms with Crippen LogP contribution in [0.3, 0.4) is 0 Å². The molecule has 0 aromatic carbocycles. The van der Waals surface area contributed by atoms with E-state index >= 15 is 0 Å². The van der Waals surface area contributed by atoms with E-state index in [4.69, 9.17) is 5.73 Å². The van der Waals surface area contributed by atoms with Gasteiger partial charge in [-0.15, -0.1) is 24.8 Å². The van der Waals surface area contributed by atoms with Crippen LogP contribution in [0.2, 0.25) is 0 Å². The molecule has 1 aliphatic rings. The molecule has 0 aromatic rings. The molecule has 122 valence electrons. The molecular weight excluding hydrogens is 297 g/mol. The molecule has 1 amide bonds. The van der Waals surface area contributed by atoms with Gasteiger partial charge in [-0.2, -0.15) is 0 Å². The molecular formula is C14H31Cl2N3O. The summed E-state index contributed by atoms with van der Waals surface area (Å²) in [5.41, 5.74) is 5.91. The largest absolute Gasteiger partial charge is 0.341 e. The van der Waals surface area contributed by atoms with Crippen molar-refractivity contribution in [1.29, 1.82) is 0 Å². The van der Waals surface area contributed by atoms with Crippen molar-refractivity contribution in [3.05, 3.63) is 0 Å². The normalized spacial score (nSPS) is 17.8. The molecule has 0 saturated carbocycles. The first kappa shape index (κ1) is 22.3. The number of amides is 1. The zero-order chi connectivity index (χ0) is 13.5. The van der Waals surface area contributed by atoms with Crippen LogP contribution in [-0.4, -0.2) is 54.5 Å². The van der Waals surface area contributed by atoms with Gasteiger partial charge in [0.25, 0.3) is 0 Å². The quantitative estimate of drug-likeness (QED) is 0.814. The van der Waals surface area contributed by atoms with Gasteiger partial charge in [-0.05, 0) is 32.2 Å². The number of halogens is 2. The van der Waals surface area contributed by atoms with Crippen molar-refractivity contribution < 1.29 is 4.79 Å². The third kappa shape index (κ3) is 6.61. The highest BCUT2D eigenvalue weighted by atomic mass is 35.5. The number of hydrogen-bond donors (Lipinski definition) is 1. The van der Waals surface area contributed by atoms with Gasteiger partial charge in [0.1, 0.15) is 0 Å². The fraction of sp³-hybridized carbons (Fsp3) is 0.929. The third-order valence-corrected chi connectivity index (χ3v) is 3.91. The minimum atomic E-state index is -0.311. The maximum absolute atomic E-state index is 12.1. The summed E-state index contributed by atoms with van der Waals surface area (Å²) in [6.45, 7) is 7.68. The van der Waals surface area contributed by atoms with Crippen LogP contribution in [0.15, 0.2) is 0 Å². The Balaban J connectivity index is 0. The first-order chi connectivity index (χ1) is 8.60. The molecule has 0 aliphatic carbocycles. The molecule has 20 heavy (non-hydrogen) atoms. The Morgan fingerprint density at radius 1 is 1.25 bits per heavy atom. The Morgan fingerprint density at radius 2 is 1.80 bits per heavy atom. The highest BCUT2D eigenvalue weighted by Crippen LogP contribution is 2.16. The Hall–Kier alpha value is -0.0300. The molecule has 1 fully saturated rings. The van der Waals surface area contributed by atoms with Gasteiger partial charge >= 0.3 is 0 Å². The van der Waals surface area contributed by atoms with E-state index in [1.807, 2.05) is 11.9 Å². The highest BCUT2D eigenvalue weighted by Gasteiger charge is 2.27. The number of likely N-dealkylation sites (tertiary alicyclic amines) is 1. The number of nitrogens with two attached hydrogens (primary N) is 1. The first-order valence-corrected chi connectivity index (χ1v) is 7.34. The highest BCUT2D eigenvalue weighted by molar-refractivity contribution is 5.85. The summed E-state index contributed by atoms with van der Waals surface area (Å²) in [7, 11) is 1.91. The molecule has 0 spiro atoms. The summed E-state index contributed by atoms with van der Waals surface area (Å²) < 4.78 is 0. The Bertz CT molecular complexity index is 259. The van der Waals surface area contributed by atoms with Gasteiger partial charge in [-0.3, -0.25) is 4.79 Å². The van der Waals surface area contributed by atoms with Gasteiger partial charge in [0, 0.05) is 26.2 Å². The van der Waals surface area contributed by atoms with Crippen molar-refractivity contribution in [3.63, 3.8) is 0 Å². The van der Waals surface area contributed by atoms with E-state index in [9.17, 15) is 4.79 Å². The lowest BCUT2D eigenvalue weighted by Crippen LogP contribution is -2.50. The lowest BCUT2D eigenvalue weighted by atomic mass is 10.0. The van der Waals surface area contributed by atoms with Crippen molar-refractivity contribution in [2.24, 2.45) is 5.73 Å². The minimum absolute atomic E-state index is 0. The zero-order valence-corrected chi connectivity index (χ0v) is 14.6. The molecule has 1 rings (SSSR count). The Kier molecular flexibility index (Phi) is 12.9. The standard InChI is InChI=1S/C14H29N3O.2ClH/c1-4-6-13(15)14(18)16(3)12-7-10-17(9-5-2)11-8-12;;/h12-13H,4-11,15H2,1-3H3;2*1H. The number of hydrogen-bond acceptors (Lipinski definition) is 3. The topological polar surface area (TPSA) is 49.6 Å². The number of carbonyl (C=O) groups excluding carboxylic acids is 1. The SMILES string of the molecule is CCCC(N)C(=O)N(C)C1CCN(CCC)CC1.Cl.Cl. The van der Waals surface area contributed by atoms with Crippen LogP contribution in [0.5, 0.6) is 0 Å². The van der Waals surface area contributed by atoms with Gasteiger partial charge in [0.2, 0.25) is 5.91 Å². The fourth-order valence-electron chi connectivity index (χ4n) is 2.72. The van der Waals surface area contributed by atoms with E-state index in [-0.39, 0.29) is 36.8 Å². The van der Waals surface area contributed by atoms with E-state index < -0.39 is 0 Å². The summed E-state index contributed by atoms with van der Waals surface area (Å²) in [5, 5.41) is 0. The van der Waals surface area contributed by atoms with Gasteiger partial charge < -0.3 is 15.5 Å². The molecule has 0 radical (unpaired) electrons. The Morgan fingerprint density at radius 3 is 2.25 bits per heavy atom. The number of rotatable bonds is 6. The number of carbonyl (C=O) groups is 1. The van der Waals surface area contributed by atoms with Crippen molar-refractivity contribution in [2.75, 3.05) is 26.7 Å². The molecule has 2 N–H and O–H groups in total. The van der Waals surface area contributed by atoms with Crippen LogP contribution >= 0.6 is 24.8 Å². The van der Waals surface area contributed by atoms with Crippen LogP contribution < -0.4 is 5.73 Å². The maximum atomic E-state index is 12.1. The summed E-state index contributed by atoms with van der Waals surface area (Å²) >= 11 is 0. The molecule has 0 bridgehead atoms. The number of nitrogens with zero attached hydrogens (tertiary/aromatic N) is 2. The average molecular weight is 328 g/mol. The maximum Gasteiger partial charge on any atom is 0.239 e. The number of piperidine rings is 1. The van der Waals surface area contributed by atoms with Crippen LogP contribution in [0.1, 0.15) is 46.0 Å². The minimum Gasteiger partial charge on any atom is -0.341 e. The predicted molar refractivity (Wildman–Crippen MR) is 89.9 cm³/mol. The smallest absolute Gasteiger partial charge is 0.239 e. The van der Waals surface area contributed by atoms with Crippen LogP contribution in [0, 0.1) is 0 Å². The number of likely N-dealkylation sites (N-methyl/N-ethyl adjacent to an activating group) is 1. The molecule has 1 unspecified atom stereocenters.